The van der Waals surface area contributed by atoms with Crippen molar-refractivity contribution in [2.45, 2.75) is 52.1 Å². The molecule has 1 fully saturated rings. The standard InChI is InChI=1S/C22H30N6O4/c1-15-8-9-17(12-24-15)13-28-18-19(25-21(28)31-14-16-6-3-4-7-16)26(2)22(30)27(20(18)29)10-5-11-32-23/h8-9,12,16H,3-7,10-11,13-14,23H2,1-2H3. The minimum absolute atomic E-state index is 0.203. The van der Waals surface area contributed by atoms with Crippen molar-refractivity contribution >= 4 is 11.2 Å². The van der Waals surface area contributed by atoms with Crippen molar-refractivity contribution in [1.29, 1.82) is 0 Å². The van der Waals surface area contributed by atoms with E-state index in [0.717, 1.165) is 24.1 Å². The Kier molecular flexibility index (Phi) is 6.71. The maximum absolute atomic E-state index is 13.4. The summed E-state index contributed by atoms with van der Waals surface area (Å²) in [5, 5.41) is 0. The minimum Gasteiger partial charge on any atom is -0.464 e. The number of ether oxygens (including phenoxy) is 1. The Morgan fingerprint density at radius 1 is 1.19 bits per heavy atom. The fraction of sp³-hybridized carbons (Fsp3) is 0.545. The Morgan fingerprint density at radius 3 is 2.66 bits per heavy atom. The van der Waals surface area contributed by atoms with Crippen LogP contribution in [0.25, 0.3) is 11.2 Å². The van der Waals surface area contributed by atoms with Gasteiger partial charge in [-0.1, -0.05) is 18.9 Å². The fourth-order valence-corrected chi connectivity index (χ4v) is 4.26. The lowest BCUT2D eigenvalue weighted by Crippen LogP contribution is -2.40. The summed E-state index contributed by atoms with van der Waals surface area (Å²) < 4.78 is 10.5. The van der Waals surface area contributed by atoms with Crippen molar-refractivity contribution < 1.29 is 9.57 Å². The van der Waals surface area contributed by atoms with E-state index in [1.54, 1.807) is 17.8 Å². The summed E-state index contributed by atoms with van der Waals surface area (Å²) in [6.45, 7) is 3.28. The number of hydrogen-bond acceptors (Lipinski definition) is 7. The van der Waals surface area contributed by atoms with Crippen LogP contribution < -0.4 is 21.9 Å². The van der Waals surface area contributed by atoms with E-state index in [4.69, 9.17) is 10.6 Å². The molecule has 3 aromatic rings. The van der Waals surface area contributed by atoms with Crippen LogP contribution in [0, 0.1) is 12.8 Å². The van der Waals surface area contributed by atoms with Crippen LogP contribution in [-0.4, -0.2) is 36.9 Å². The first-order valence-corrected chi connectivity index (χ1v) is 11.1. The van der Waals surface area contributed by atoms with Crippen LogP contribution in [0.15, 0.2) is 27.9 Å². The molecule has 10 heteroatoms. The van der Waals surface area contributed by atoms with Crippen LogP contribution in [0.1, 0.15) is 43.4 Å². The number of nitrogens with two attached hydrogens (primary N) is 1. The first-order chi connectivity index (χ1) is 15.5. The molecule has 3 heterocycles. The van der Waals surface area contributed by atoms with Gasteiger partial charge in [0.25, 0.3) is 11.6 Å². The summed E-state index contributed by atoms with van der Waals surface area (Å²) in [5.74, 6) is 5.58. The first kappa shape index (κ1) is 22.2. The highest BCUT2D eigenvalue weighted by Gasteiger charge is 2.23. The van der Waals surface area contributed by atoms with Gasteiger partial charge in [0.2, 0.25) is 0 Å². The van der Waals surface area contributed by atoms with Gasteiger partial charge in [0.05, 0.1) is 19.8 Å². The number of imidazole rings is 1. The van der Waals surface area contributed by atoms with Crippen molar-refractivity contribution in [2.24, 2.45) is 18.9 Å². The number of hydrogen-bond donors (Lipinski definition) is 1. The Labute approximate surface area is 185 Å². The van der Waals surface area contributed by atoms with Crippen LogP contribution in [-0.2, 0) is 25.0 Å². The second kappa shape index (κ2) is 9.66. The van der Waals surface area contributed by atoms with Crippen molar-refractivity contribution in [3.8, 4) is 6.01 Å². The average molecular weight is 443 g/mol. The van der Waals surface area contributed by atoms with Gasteiger partial charge in [0.15, 0.2) is 11.2 Å². The topological polar surface area (TPSA) is 119 Å². The Hall–Kier alpha value is -2.98. The van der Waals surface area contributed by atoms with Crippen LogP contribution in [0.3, 0.4) is 0 Å². The molecular weight excluding hydrogens is 412 g/mol. The van der Waals surface area contributed by atoms with E-state index in [1.165, 1.54) is 22.0 Å². The Balaban J connectivity index is 1.80. The van der Waals surface area contributed by atoms with Crippen molar-refractivity contribution in [2.75, 3.05) is 13.2 Å². The highest BCUT2D eigenvalue weighted by molar-refractivity contribution is 5.72. The molecule has 2 N–H and O–H groups in total. The highest BCUT2D eigenvalue weighted by atomic mass is 16.6. The maximum atomic E-state index is 13.4. The summed E-state index contributed by atoms with van der Waals surface area (Å²) in [6, 6.07) is 4.24. The number of fused-ring (bicyclic) bond motifs is 1. The number of rotatable bonds is 9. The van der Waals surface area contributed by atoms with Crippen molar-refractivity contribution in [3.63, 3.8) is 0 Å². The number of nitrogens with zero attached hydrogens (tertiary/aromatic N) is 5. The lowest BCUT2D eigenvalue weighted by Gasteiger charge is -2.13. The summed E-state index contributed by atoms with van der Waals surface area (Å²) in [4.78, 5) is 39.7. The molecule has 0 aromatic carbocycles. The summed E-state index contributed by atoms with van der Waals surface area (Å²) in [6.07, 6.45) is 6.92. The smallest absolute Gasteiger partial charge is 0.332 e. The zero-order valence-electron chi connectivity index (χ0n) is 18.6. The van der Waals surface area contributed by atoms with Crippen LogP contribution in [0.5, 0.6) is 6.01 Å². The molecule has 1 saturated carbocycles. The third kappa shape index (κ3) is 4.46. The molecule has 1 aliphatic rings. The molecule has 3 aromatic heterocycles. The van der Waals surface area contributed by atoms with Crippen LogP contribution >= 0.6 is 0 Å². The lowest BCUT2D eigenvalue weighted by molar-refractivity contribution is 0.131. The molecule has 172 valence electrons. The minimum atomic E-state index is -0.427. The Morgan fingerprint density at radius 2 is 1.97 bits per heavy atom. The molecule has 4 rings (SSSR count). The van der Waals surface area contributed by atoms with Gasteiger partial charge < -0.3 is 9.57 Å². The van der Waals surface area contributed by atoms with E-state index in [-0.39, 0.29) is 13.2 Å². The second-order valence-electron chi connectivity index (χ2n) is 8.44. The third-order valence-electron chi connectivity index (χ3n) is 6.08. The molecular formula is C22H30N6O4. The summed E-state index contributed by atoms with van der Waals surface area (Å²) in [5.41, 5.74) is 1.65. The zero-order valence-corrected chi connectivity index (χ0v) is 18.6. The van der Waals surface area contributed by atoms with Gasteiger partial charge in [-0.05, 0) is 43.7 Å². The third-order valence-corrected chi connectivity index (χ3v) is 6.08. The lowest BCUT2D eigenvalue weighted by atomic mass is 10.1. The average Bonchev–Trinajstić information content (AvgIpc) is 3.43. The monoisotopic (exact) mass is 442 g/mol. The van der Waals surface area contributed by atoms with Crippen LogP contribution in [0.4, 0.5) is 0 Å². The van der Waals surface area contributed by atoms with Gasteiger partial charge in [-0.2, -0.15) is 4.98 Å². The molecule has 0 spiro atoms. The van der Waals surface area contributed by atoms with Gasteiger partial charge in [-0.3, -0.25) is 23.5 Å². The van der Waals surface area contributed by atoms with E-state index >= 15 is 0 Å². The molecule has 10 nitrogen and oxygen atoms in total. The van der Waals surface area contributed by atoms with Gasteiger partial charge in [-0.25, -0.2) is 10.7 Å². The zero-order chi connectivity index (χ0) is 22.7. The van der Waals surface area contributed by atoms with Crippen LogP contribution in [0.2, 0.25) is 0 Å². The van der Waals surface area contributed by atoms with Gasteiger partial charge in [-0.15, -0.1) is 0 Å². The van der Waals surface area contributed by atoms with Crippen molar-refractivity contribution in [1.82, 2.24) is 23.7 Å². The molecule has 0 atom stereocenters. The fourth-order valence-electron chi connectivity index (χ4n) is 4.26. The Bertz CT molecular complexity index is 1190. The normalized spacial score (nSPS) is 14.5. The number of aromatic nitrogens is 5. The van der Waals surface area contributed by atoms with Gasteiger partial charge in [0, 0.05) is 25.5 Å². The van der Waals surface area contributed by atoms with Gasteiger partial charge >= 0.3 is 5.69 Å². The molecule has 0 aliphatic heterocycles. The van der Waals surface area contributed by atoms with E-state index in [2.05, 4.69) is 14.8 Å². The van der Waals surface area contributed by atoms with E-state index < -0.39 is 11.2 Å². The molecule has 32 heavy (non-hydrogen) atoms. The highest BCUT2D eigenvalue weighted by Crippen LogP contribution is 2.26. The van der Waals surface area contributed by atoms with E-state index in [1.807, 2.05) is 19.1 Å². The largest absolute Gasteiger partial charge is 0.464 e. The summed E-state index contributed by atoms with van der Waals surface area (Å²) >= 11 is 0. The number of aryl methyl sites for hydroxylation is 2. The quantitative estimate of drug-likeness (QED) is 0.394. The first-order valence-electron chi connectivity index (χ1n) is 11.1. The molecule has 0 saturated heterocycles. The maximum Gasteiger partial charge on any atom is 0.332 e. The number of pyridine rings is 1. The second-order valence-corrected chi connectivity index (χ2v) is 8.44. The molecule has 0 amide bonds. The van der Waals surface area contributed by atoms with E-state index in [9.17, 15) is 9.59 Å². The molecule has 0 unspecified atom stereocenters. The predicted octanol–water partition coefficient (Wildman–Crippen LogP) is 1.50. The van der Waals surface area contributed by atoms with Gasteiger partial charge in [0.1, 0.15) is 0 Å². The summed E-state index contributed by atoms with van der Waals surface area (Å²) in [7, 11) is 1.62. The SMILES string of the molecule is Cc1ccc(Cn2c(OCC3CCCC3)nc3c2c(=O)n(CCCON)c(=O)n3C)cn1. The van der Waals surface area contributed by atoms with E-state index in [0.29, 0.717) is 42.7 Å². The predicted molar refractivity (Wildman–Crippen MR) is 120 cm³/mol. The molecule has 0 radical (unpaired) electrons. The molecule has 1 aliphatic carbocycles. The van der Waals surface area contributed by atoms with Crippen molar-refractivity contribution in [3.05, 3.63) is 50.4 Å². The molecule has 0 bridgehead atoms.